The Morgan fingerprint density at radius 1 is 1.45 bits per heavy atom. The second-order valence-electron chi connectivity index (χ2n) is 6.12. The summed E-state index contributed by atoms with van der Waals surface area (Å²) in [7, 11) is -3.50. The zero-order chi connectivity index (χ0) is 15.0. The summed E-state index contributed by atoms with van der Waals surface area (Å²) in [4.78, 5) is 0. The van der Waals surface area contributed by atoms with Crippen molar-refractivity contribution in [2.24, 2.45) is 5.41 Å². The van der Waals surface area contributed by atoms with Crippen LogP contribution in [0.1, 0.15) is 38.7 Å². The number of halogens is 2. The first-order valence-electron chi connectivity index (χ1n) is 6.49. The third kappa shape index (κ3) is 3.99. The first-order chi connectivity index (χ1) is 9.10. The van der Waals surface area contributed by atoms with E-state index in [2.05, 4.69) is 4.72 Å². The summed E-state index contributed by atoms with van der Waals surface area (Å²) in [6.07, 6.45) is -0.378. The van der Waals surface area contributed by atoms with Crippen LogP contribution < -0.4 is 4.72 Å². The molecule has 0 amide bonds. The molecule has 3 nitrogen and oxygen atoms in total. The van der Waals surface area contributed by atoms with Crippen molar-refractivity contribution in [1.82, 2.24) is 4.72 Å². The fraction of sp³-hybridized carbons (Fsp3) is 0.692. The third-order valence-corrected chi connectivity index (χ3v) is 5.80. The van der Waals surface area contributed by atoms with Crippen molar-refractivity contribution in [3.05, 3.63) is 22.4 Å². The summed E-state index contributed by atoms with van der Waals surface area (Å²) in [5.41, 5.74) is -0.0230. The van der Waals surface area contributed by atoms with Crippen molar-refractivity contribution < 1.29 is 17.2 Å². The Kier molecular flexibility index (Phi) is 4.24. The van der Waals surface area contributed by atoms with Gasteiger partial charge in [-0.3, -0.25) is 0 Å². The Balaban J connectivity index is 2.06. The van der Waals surface area contributed by atoms with Crippen LogP contribution in [0.5, 0.6) is 0 Å². The monoisotopic (exact) mass is 323 g/mol. The van der Waals surface area contributed by atoms with Crippen molar-refractivity contribution >= 4 is 21.4 Å². The summed E-state index contributed by atoms with van der Waals surface area (Å²) in [6, 6.07) is 1.31. The van der Waals surface area contributed by atoms with E-state index in [0.29, 0.717) is 0 Å². The van der Waals surface area contributed by atoms with Gasteiger partial charge in [-0.05, 0) is 34.2 Å². The first-order valence-corrected chi connectivity index (χ1v) is 9.08. The number of hydrogen-bond donors (Lipinski definition) is 1. The van der Waals surface area contributed by atoms with Gasteiger partial charge in [0, 0.05) is 18.9 Å². The quantitative estimate of drug-likeness (QED) is 0.923. The van der Waals surface area contributed by atoms with Crippen molar-refractivity contribution in [2.45, 2.75) is 50.8 Å². The van der Waals surface area contributed by atoms with E-state index in [9.17, 15) is 17.2 Å². The SMILES string of the molecule is CC1(C)CC(F)(F)CCC1NS(=O)(=O)Cc1ccsc1. The Morgan fingerprint density at radius 2 is 2.15 bits per heavy atom. The Bertz CT molecular complexity index is 553. The molecule has 1 aromatic heterocycles. The maximum Gasteiger partial charge on any atom is 0.248 e. The molecule has 0 aromatic carbocycles. The molecule has 1 unspecified atom stereocenters. The van der Waals surface area contributed by atoms with E-state index >= 15 is 0 Å². The zero-order valence-corrected chi connectivity index (χ0v) is 13.2. The number of thiophene rings is 1. The van der Waals surface area contributed by atoms with Gasteiger partial charge in [-0.1, -0.05) is 13.8 Å². The molecular weight excluding hydrogens is 304 g/mol. The fourth-order valence-corrected chi connectivity index (χ4v) is 5.04. The molecular formula is C13H19F2NO2S2. The van der Waals surface area contributed by atoms with E-state index in [1.54, 1.807) is 25.3 Å². The molecule has 1 heterocycles. The van der Waals surface area contributed by atoms with E-state index in [1.165, 1.54) is 11.3 Å². The van der Waals surface area contributed by atoms with Crippen molar-refractivity contribution in [3.63, 3.8) is 0 Å². The van der Waals surface area contributed by atoms with Crippen molar-refractivity contribution in [3.8, 4) is 0 Å². The Hall–Kier alpha value is -0.530. The summed E-state index contributed by atoms with van der Waals surface area (Å²) < 4.78 is 53.7. The van der Waals surface area contributed by atoms with Crippen LogP contribution in [0, 0.1) is 5.41 Å². The fourth-order valence-electron chi connectivity index (χ4n) is 2.70. The molecule has 1 aliphatic carbocycles. The maximum atomic E-state index is 13.4. The lowest BCUT2D eigenvalue weighted by atomic mass is 9.72. The summed E-state index contributed by atoms with van der Waals surface area (Å²) in [5, 5.41) is 3.59. The second-order valence-corrected chi connectivity index (χ2v) is 8.66. The highest BCUT2D eigenvalue weighted by Crippen LogP contribution is 2.44. The van der Waals surface area contributed by atoms with Gasteiger partial charge in [0.15, 0.2) is 0 Å². The normalized spacial score (nSPS) is 25.5. The molecule has 1 aromatic rings. The van der Waals surface area contributed by atoms with Gasteiger partial charge in [-0.15, -0.1) is 0 Å². The van der Waals surface area contributed by atoms with Crippen LogP contribution in [-0.4, -0.2) is 20.4 Å². The van der Waals surface area contributed by atoms with Crippen LogP contribution in [0.25, 0.3) is 0 Å². The number of hydrogen-bond acceptors (Lipinski definition) is 3. The van der Waals surface area contributed by atoms with Crippen molar-refractivity contribution in [2.75, 3.05) is 0 Å². The van der Waals surface area contributed by atoms with Gasteiger partial charge in [0.1, 0.15) is 0 Å². The highest BCUT2D eigenvalue weighted by Gasteiger charge is 2.47. The number of sulfonamides is 1. The smallest absolute Gasteiger partial charge is 0.212 e. The van der Waals surface area contributed by atoms with Gasteiger partial charge in [-0.2, -0.15) is 11.3 Å². The molecule has 1 saturated carbocycles. The van der Waals surface area contributed by atoms with Crippen molar-refractivity contribution in [1.29, 1.82) is 0 Å². The van der Waals surface area contributed by atoms with E-state index in [4.69, 9.17) is 0 Å². The van der Waals surface area contributed by atoms with Crippen LogP contribution in [0.2, 0.25) is 0 Å². The van der Waals surface area contributed by atoms with Crippen LogP contribution in [0.15, 0.2) is 16.8 Å². The van der Waals surface area contributed by atoms with Gasteiger partial charge < -0.3 is 0 Å². The number of rotatable bonds is 4. The molecule has 0 saturated heterocycles. The van der Waals surface area contributed by atoms with Gasteiger partial charge >= 0.3 is 0 Å². The highest BCUT2D eigenvalue weighted by molar-refractivity contribution is 7.88. The van der Waals surface area contributed by atoms with Crippen LogP contribution >= 0.6 is 11.3 Å². The lowest BCUT2D eigenvalue weighted by Crippen LogP contribution is -2.51. The van der Waals surface area contributed by atoms with Crippen LogP contribution in [-0.2, 0) is 15.8 Å². The lowest BCUT2D eigenvalue weighted by Gasteiger charge is -2.42. The lowest BCUT2D eigenvalue weighted by molar-refractivity contribution is -0.0821. The summed E-state index contributed by atoms with van der Waals surface area (Å²) in [5.74, 6) is -2.79. The minimum Gasteiger partial charge on any atom is -0.212 e. The second kappa shape index (κ2) is 5.35. The van der Waals surface area contributed by atoms with Gasteiger partial charge in [-0.25, -0.2) is 21.9 Å². The maximum absolute atomic E-state index is 13.4. The van der Waals surface area contributed by atoms with Gasteiger partial charge in [0.2, 0.25) is 15.9 Å². The molecule has 114 valence electrons. The number of alkyl halides is 2. The van der Waals surface area contributed by atoms with Gasteiger partial charge in [0.25, 0.3) is 0 Å². The predicted octanol–water partition coefficient (Wildman–Crippen LogP) is 3.38. The van der Waals surface area contributed by atoms with E-state index in [0.717, 1.165) is 5.56 Å². The van der Waals surface area contributed by atoms with E-state index in [1.807, 2.05) is 5.38 Å². The minimum absolute atomic E-state index is 0.0977. The minimum atomic E-state index is -3.50. The van der Waals surface area contributed by atoms with E-state index < -0.39 is 27.4 Å². The first kappa shape index (κ1) is 15.9. The molecule has 1 aliphatic rings. The van der Waals surface area contributed by atoms with Gasteiger partial charge in [0.05, 0.1) is 5.75 Å². The standard InChI is InChI=1S/C13H19F2NO2S2/c1-12(2)9-13(14,15)5-3-11(12)16-20(17,18)8-10-4-6-19-7-10/h4,6-7,11,16H,3,5,8-9H2,1-2H3. The molecule has 7 heteroatoms. The Labute approximate surface area is 122 Å². The average molecular weight is 323 g/mol. The zero-order valence-electron chi connectivity index (χ0n) is 11.5. The molecule has 1 N–H and O–H groups in total. The molecule has 1 atom stereocenters. The molecule has 0 bridgehead atoms. The Morgan fingerprint density at radius 3 is 2.70 bits per heavy atom. The van der Waals surface area contributed by atoms with Crippen LogP contribution in [0.3, 0.4) is 0 Å². The van der Waals surface area contributed by atoms with E-state index in [-0.39, 0.29) is 25.0 Å². The molecule has 1 fully saturated rings. The highest BCUT2D eigenvalue weighted by atomic mass is 32.2. The third-order valence-electron chi connectivity index (χ3n) is 3.71. The topological polar surface area (TPSA) is 46.2 Å². The van der Waals surface area contributed by atoms with Crippen LogP contribution in [0.4, 0.5) is 8.78 Å². The average Bonchev–Trinajstić information content (AvgIpc) is 2.72. The molecule has 0 aliphatic heterocycles. The molecule has 20 heavy (non-hydrogen) atoms. The molecule has 0 radical (unpaired) electrons. The summed E-state index contributed by atoms with van der Waals surface area (Å²) in [6.45, 7) is 3.38. The predicted molar refractivity (Wildman–Crippen MR) is 76.4 cm³/mol. The molecule has 0 spiro atoms. The summed E-state index contributed by atoms with van der Waals surface area (Å²) >= 11 is 1.43. The largest absolute Gasteiger partial charge is 0.248 e. The number of nitrogens with one attached hydrogen (secondary N) is 1. The molecule has 2 rings (SSSR count).